The molecular formula is C19H25N3O3. The topological polar surface area (TPSA) is 65.8 Å². The second kappa shape index (κ2) is 8.92. The Morgan fingerprint density at radius 1 is 1.04 bits per heavy atom. The summed E-state index contributed by atoms with van der Waals surface area (Å²) in [5, 5.41) is 2.75. The molecule has 2 amide bonds. The molecule has 0 aliphatic heterocycles. The van der Waals surface area contributed by atoms with Crippen molar-refractivity contribution < 1.29 is 14.0 Å². The Bertz CT molecular complexity index is 676. The van der Waals surface area contributed by atoms with E-state index in [4.69, 9.17) is 4.42 Å². The van der Waals surface area contributed by atoms with E-state index in [1.165, 1.54) is 11.8 Å². The number of carbonyl (C=O) groups is 2. The van der Waals surface area contributed by atoms with Crippen molar-refractivity contribution in [2.24, 2.45) is 0 Å². The minimum Gasteiger partial charge on any atom is -0.467 e. The van der Waals surface area contributed by atoms with Crippen LogP contribution in [-0.2, 0) is 16.1 Å². The predicted molar refractivity (Wildman–Crippen MR) is 98.6 cm³/mol. The van der Waals surface area contributed by atoms with Crippen molar-refractivity contribution in [3.63, 3.8) is 0 Å². The number of carbonyl (C=O) groups excluding carboxylic acids is 2. The summed E-state index contributed by atoms with van der Waals surface area (Å²) in [5.41, 5.74) is 1.80. The highest BCUT2D eigenvalue weighted by molar-refractivity contribution is 5.97. The van der Waals surface area contributed by atoms with Crippen LogP contribution in [0.4, 0.5) is 11.4 Å². The lowest BCUT2D eigenvalue weighted by molar-refractivity contribution is -0.123. The molecule has 1 aromatic carbocycles. The molecule has 134 valence electrons. The second-order valence-corrected chi connectivity index (χ2v) is 5.65. The number of rotatable bonds is 8. The number of amides is 2. The van der Waals surface area contributed by atoms with E-state index in [2.05, 4.69) is 24.1 Å². The zero-order chi connectivity index (χ0) is 18.2. The van der Waals surface area contributed by atoms with Gasteiger partial charge >= 0.3 is 0 Å². The summed E-state index contributed by atoms with van der Waals surface area (Å²) in [6.45, 7) is 7.77. The third-order valence-corrected chi connectivity index (χ3v) is 4.01. The average Bonchev–Trinajstić information content (AvgIpc) is 3.13. The maximum atomic E-state index is 12.1. The molecule has 1 N–H and O–H groups in total. The van der Waals surface area contributed by atoms with Gasteiger partial charge in [0, 0.05) is 31.4 Å². The summed E-state index contributed by atoms with van der Waals surface area (Å²) in [6, 6.07) is 11.2. The van der Waals surface area contributed by atoms with Crippen LogP contribution in [-0.4, -0.2) is 31.4 Å². The van der Waals surface area contributed by atoms with Gasteiger partial charge in [0.1, 0.15) is 12.3 Å². The summed E-state index contributed by atoms with van der Waals surface area (Å²) in [7, 11) is 0. The number of hydrogen-bond donors (Lipinski definition) is 1. The lowest BCUT2D eigenvalue weighted by Gasteiger charge is -2.24. The van der Waals surface area contributed by atoms with Crippen molar-refractivity contribution in [3.8, 4) is 0 Å². The lowest BCUT2D eigenvalue weighted by Crippen LogP contribution is -2.39. The van der Waals surface area contributed by atoms with Crippen LogP contribution >= 0.6 is 0 Å². The number of furan rings is 1. The Hall–Kier alpha value is -2.76. The van der Waals surface area contributed by atoms with Gasteiger partial charge in [-0.3, -0.25) is 9.59 Å². The van der Waals surface area contributed by atoms with E-state index in [9.17, 15) is 9.59 Å². The molecule has 0 atom stereocenters. The molecule has 2 aromatic rings. The molecule has 0 radical (unpaired) electrons. The predicted octanol–water partition coefficient (Wildman–Crippen LogP) is 2.80. The van der Waals surface area contributed by atoms with Crippen molar-refractivity contribution in [2.45, 2.75) is 27.3 Å². The number of benzene rings is 1. The maximum Gasteiger partial charge on any atom is 0.240 e. The fraction of sp³-hybridized carbons (Fsp3) is 0.368. The van der Waals surface area contributed by atoms with Gasteiger partial charge in [0.05, 0.1) is 12.8 Å². The standard InChI is InChI=1S/C19H25N3O3/c1-4-21(5-2)16-8-10-17(11-9-16)22(15(3)23)14-19(24)20-13-18-7-6-12-25-18/h6-12H,4-5,13-14H2,1-3H3,(H,20,24). The normalized spacial score (nSPS) is 10.4. The van der Waals surface area contributed by atoms with Crippen LogP contribution in [0.3, 0.4) is 0 Å². The monoisotopic (exact) mass is 343 g/mol. The van der Waals surface area contributed by atoms with Crippen LogP contribution in [0.5, 0.6) is 0 Å². The van der Waals surface area contributed by atoms with Gasteiger partial charge in [-0.15, -0.1) is 0 Å². The molecule has 0 spiro atoms. The number of hydrogen-bond acceptors (Lipinski definition) is 4. The smallest absolute Gasteiger partial charge is 0.240 e. The van der Waals surface area contributed by atoms with Crippen molar-refractivity contribution in [1.82, 2.24) is 5.32 Å². The highest BCUT2D eigenvalue weighted by atomic mass is 16.3. The first-order valence-corrected chi connectivity index (χ1v) is 8.47. The first-order chi connectivity index (χ1) is 12.0. The zero-order valence-electron chi connectivity index (χ0n) is 15.0. The van der Waals surface area contributed by atoms with Gasteiger partial charge in [0.2, 0.25) is 11.8 Å². The van der Waals surface area contributed by atoms with Gasteiger partial charge in [-0.2, -0.15) is 0 Å². The van der Waals surface area contributed by atoms with Crippen LogP contribution < -0.4 is 15.1 Å². The number of anilines is 2. The average molecular weight is 343 g/mol. The first kappa shape index (κ1) is 18.6. The Labute approximate surface area is 148 Å². The zero-order valence-corrected chi connectivity index (χ0v) is 15.0. The fourth-order valence-corrected chi connectivity index (χ4v) is 2.61. The summed E-state index contributed by atoms with van der Waals surface area (Å²) in [6.07, 6.45) is 1.56. The van der Waals surface area contributed by atoms with Crippen LogP contribution in [0.2, 0.25) is 0 Å². The largest absolute Gasteiger partial charge is 0.467 e. The third kappa shape index (κ3) is 5.11. The molecule has 0 bridgehead atoms. The van der Waals surface area contributed by atoms with Gasteiger partial charge in [0.15, 0.2) is 0 Å². The van der Waals surface area contributed by atoms with Crippen molar-refractivity contribution in [1.29, 1.82) is 0 Å². The van der Waals surface area contributed by atoms with Gasteiger partial charge in [-0.25, -0.2) is 0 Å². The van der Waals surface area contributed by atoms with E-state index in [1.807, 2.05) is 24.3 Å². The minimum atomic E-state index is -0.237. The number of nitrogens with zero attached hydrogens (tertiary/aromatic N) is 2. The third-order valence-electron chi connectivity index (χ3n) is 4.01. The van der Waals surface area contributed by atoms with Crippen LogP contribution in [0, 0.1) is 0 Å². The quantitative estimate of drug-likeness (QED) is 0.800. The summed E-state index contributed by atoms with van der Waals surface area (Å²) in [5.74, 6) is 0.259. The molecule has 1 aromatic heterocycles. The van der Waals surface area contributed by atoms with Gasteiger partial charge in [-0.1, -0.05) is 0 Å². The van der Waals surface area contributed by atoms with Crippen LogP contribution in [0.15, 0.2) is 47.1 Å². The van der Waals surface area contributed by atoms with Crippen molar-refractivity contribution >= 4 is 23.2 Å². The summed E-state index contributed by atoms with van der Waals surface area (Å²) >= 11 is 0. The lowest BCUT2D eigenvalue weighted by atomic mass is 10.2. The Morgan fingerprint density at radius 3 is 2.20 bits per heavy atom. The number of nitrogens with one attached hydrogen (secondary N) is 1. The maximum absolute atomic E-state index is 12.1. The van der Waals surface area contributed by atoms with Crippen molar-refractivity contribution in [3.05, 3.63) is 48.4 Å². The van der Waals surface area contributed by atoms with E-state index < -0.39 is 0 Å². The van der Waals surface area contributed by atoms with Crippen molar-refractivity contribution in [2.75, 3.05) is 29.4 Å². The summed E-state index contributed by atoms with van der Waals surface area (Å²) < 4.78 is 5.18. The molecule has 6 nitrogen and oxygen atoms in total. The molecule has 25 heavy (non-hydrogen) atoms. The van der Waals surface area contributed by atoms with E-state index in [1.54, 1.807) is 18.4 Å². The van der Waals surface area contributed by atoms with Gasteiger partial charge in [0.25, 0.3) is 0 Å². The first-order valence-electron chi connectivity index (χ1n) is 8.47. The summed E-state index contributed by atoms with van der Waals surface area (Å²) in [4.78, 5) is 27.8. The molecule has 0 fully saturated rings. The molecule has 0 saturated heterocycles. The van der Waals surface area contributed by atoms with Gasteiger partial charge < -0.3 is 19.5 Å². The molecule has 2 rings (SSSR count). The molecule has 0 aliphatic rings. The molecule has 6 heteroatoms. The van der Waals surface area contributed by atoms with E-state index in [0.29, 0.717) is 18.0 Å². The highest BCUT2D eigenvalue weighted by Crippen LogP contribution is 2.21. The molecule has 0 saturated carbocycles. The molecule has 0 unspecified atom stereocenters. The molecule has 1 heterocycles. The van der Waals surface area contributed by atoms with Gasteiger partial charge in [-0.05, 0) is 50.2 Å². The van der Waals surface area contributed by atoms with E-state index in [0.717, 1.165) is 18.8 Å². The molecular weight excluding hydrogens is 318 g/mol. The van der Waals surface area contributed by atoms with E-state index in [-0.39, 0.29) is 18.4 Å². The van der Waals surface area contributed by atoms with Crippen LogP contribution in [0.1, 0.15) is 26.5 Å². The fourth-order valence-electron chi connectivity index (χ4n) is 2.61. The minimum absolute atomic E-state index is 0.0271. The Balaban J connectivity index is 2.02. The SMILES string of the molecule is CCN(CC)c1ccc(N(CC(=O)NCc2ccco2)C(C)=O)cc1. The second-order valence-electron chi connectivity index (χ2n) is 5.65. The molecule has 0 aliphatic carbocycles. The van der Waals surface area contributed by atoms with E-state index >= 15 is 0 Å². The Morgan fingerprint density at radius 2 is 1.68 bits per heavy atom. The Kier molecular flexibility index (Phi) is 6.62. The highest BCUT2D eigenvalue weighted by Gasteiger charge is 2.16. The van der Waals surface area contributed by atoms with Crippen LogP contribution in [0.25, 0.3) is 0 Å².